The molecule has 3 heterocycles. The van der Waals surface area contributed by atoms with Crippen LogP contribution in [-0.4, -0.2) is 26.0 Å². The lowest BCUT2D eigenvalue weighted by atomic mass is 9.93. The van der Waals surface area contributed by atoms with Gasteiger partial charge in [0, 0.05) is 34.8 Å². The molecule has 1 aromatic carbocycles. The van der Waals surface area contributed by atoms with Crippen molar-refractivity contribution in [1.82, 2.24) is 14.8 Å². The van der Waals surface area contributed by atoms with E-state index in [0.717, 1.165) is 48.8 Å². The lowest BCUT2D eigenvalue weighted by molar-refractivity contribution is 0.108. The summed E-state index contributed by atoms with van der Waals surface area (Å²) in [5.74, 6) is 0.688. The maximum Gasteiger partial charge on any atom is 0.179 e. The SMILES string of the molecule is NSc1c(N)cccc1-c1oc2c(N)ncc(-c3cnn(C4CCC(O)CC4)c3)c2c1Cl. The Morgan fingerprint density at radius 3 is 2.66 bits per heavy atom. The van der Waals surface area contributed by atoms with Gasteiger partial charge in [-0.2, -0.15) is 5.10 Å². The van der Waals surface area contributed by atoms with Crippen molar-refractivity contribution >= 4 is 46.0 Å². The lowest BCUT2D eigenvalue weighted by Crippen LogP contribution is -2.21. The first kappa shape index (κ1) is 21.1. The molecule has 8 nitrogen and oxygen atoms in total. The van der Waals surface area contributed by atoms with Gasteiger partial charge in [-0.15, -0.1) is 0 Å². The molecule has 0 spiro atoms. The summed E-state index contributed by atoms with van der Waals surface area (Å²) in [7, 11) is 0. The smallest absolute Gasteiger partial charge is 0.179 e. The number of nitrogens with two attached hydrogens (primary N) is 3. The first-order chi connectivity index (χ1) is 15.5. The highest BCUT2D eigenvalue weighted by Gasteiger charge is 2.25. The minimum atomic E-state index is -0.214. The first-order valence-electron chi connectivity index (χ1n) is 10.3. The maximum atomic E-state index is 9.79. The van der Waals surface area contributed by atoms with Gasteiger partial charge in [-0.25, -0.2) is 4.98 Å². The average Bonchev–Trinajstić information content (AvgIpc) is 3.41. The van der Waals surface area contributed by atoms with Gasteiger partial charge in [-0.05, 0) is 49.8 Å². The Hall–Kier alpha value is -2.72. The molecule has 0 saturated heterocycles. The van der Waals surface area contributed by atoms with E-state index < -0.39 is 0 Å². The van der Waals surface area contributed by atoms with E-state index in [1.807, 2.05) is 23.0 Å². The average molecular weight is 471 g/mol. The number of aliphatic hydroxyl groups is 1. The molecule has 1 fully saturated rings. The van der Waals surface area contributed by atoms with Gasteiger partial charge >= 0.3 is 0 Å². The largest absolute Gasteiger partial charge is 0.450 e. The third-order valence-corrected chi connectivity index (χ3v) is 7.10. The number of pyridine rings is 1. The number of hydrogen-bond donors (Lipinski definition) is 4. The number of anilines is 2. The molecule has 1 aliphatic carbocycles. The summed E-state index contributed by atoms with van der Waals surface area (Å²) in [6, 6.07) is 5.71. The maximum absolute atomic E-state index is 9.79. The van der Waals surface area contributed by atoms with Crippen molar-refractivity contribution in [2.24, 2.45) is 5.14 Å². The Balaban J connectivity index is 1.62. The van der Waals surface area contributed by atoms with Crippen molar-refractivity contribution in [3.05, 3.63) is 41.8 Å². The molecular weight excluding hydrogens is 448 g/mol. The van der Waals surface area contributed by atoms with Gasteiger partial charge in [0.05, 0.1) is 33.6 Å². The van der Waals surface area contributed by atoms with Crippen molar-refractivity contribution in [1.29, 1.82) is 0 Å². The van der Waals surface area contributed by atoms with Crippen LogP contribution in [0.4, 0.5) is 11.5 Å². The second kappa shape index (κ2) is 8.32. The van der Waals surface area contributed by atoms with E-state index in [2.05, 4.69) is 10.1 Å². The van der Waals surface area contributed by atoms with Crippen LogP contribution >= 0.6 is 23.5 Å². The summed E-state index contributed by atoms with van der Waals surface area (Å²) >= 11 is 7.89. The molecule has 0 amide bonds. The number of rotatable bonds is 4. The standard InChI is InChI=1S/C22H23ClN6O2S/c23-18-17-15(11-8-28-29(10-11)12-4-6-13(30)7-5-12)9-27-22(25)20(17)31-19(18)14-2-1-3-16(24)21(14)32-26/h1-3,8-10,12-13,30H,4-7,24,26H2,(H2,25,27). The van der Waals surface area contributed by atoms with Crippen LogP contribution in [0.5, 0.6) is 0 Å². The Morgan fingerprint density at radius 1 is 1.12 bits per heavy atom. The Morgan fingerprint density at radius 2 is 1.91 bits per heavy atom. The van der Waals surface area contributed by atoms with Gasteiger partial charge in [0.15, 0.2) is 17.2 Å². The molecule has 0 bridgehead atoms. The fourth-order valence-corrected chi connectivity index (χ4v) is 5.17. The van der Waals surface area contributed by atoms with E-state index in [4.69, 9.17) is 32.6 Å². The van der Waals surface area contributed by atoms with Crippen molar-refractivity contribution < 1.29 is 9.52 Å². The summed E-state index contributed by atoms with van der Waals surface area (Å²) < 4.78 is 8.07. The van der Waals surface area contributed by atoms with Crippen molar-refractivity contribution in [2.75, 3.05) is 11.5 Å². The summed E-state index contributed by atoms with van der Waals surface area (Å²) in [6.45, 7) is 0. The summed E-state index contributed by atoms with van der Waals surface area (Å²) in [4.78, 5) is 5.00. The molecule has 3 aromatic heterocycles. The minimum Gasteiger partial charge on any atom is -0.450 e. The summed E-state index contributed by atoms with van der Waals surface area (Å²) in [6.07, 6.45) is 8.61. The molecule has 1 aliphatic rings. The number of halogens is 1. The molecule has 0 radical (unpaired) electrons. The molecule has 0 unspecified atom stereocenters. The fourth-order valence-electron chi connectivity index (χ4n) is 4.35. The number of aromatic nitrogens is 3. The van der Waals surface area contributed by atoms with Gasteiger partial charge in [0.25, 0.3) is 0 Å². The fraction of sp³-hybridized carbons (Fsp3) is 0.273. The highest BCUT2D eigenvalue weighted by Crippen LogP contribution is 2.46. The van der Waals surface area contributed by atoms with E-state index in [9.17, 15) is 5.11 Å². The van der Waals surface area contributed by atoms with Crippen LogP contribution in [0.3, 0.4) is 0 Å². The van der Waals surface area contributed by atoms with Crippen LogP contribution in [0.15, 0.2) is 46.1 Å². The summed E-state index contributed by atoms with van der Waals surface area (Å²) in [5.41, 5.74) is 15.5. The van der Waals surface area contributed by atoms with Gasteiger partial charge in [0.1, 0.15) is 0 Å². The molecule has 7 N–H and O–H groups in total. The number of benzene rings is 1. The molecule has 10 heteroatoms. The molecular formula is C22H23ClN6O2S. The normalized spacial score (nSPS) is 19.0. The molecule has 0 aliphatic heterocycles. The number of nitrogens with zero attached hydrogens (tertiary/aromatic N) is 3. The number of furan rings is 1. The van der Waals surface area contributed by atoms with Gasteiger partial charge in [-0.1, -0.05) is 17.7 Å². The zero-order valence-electron chi connectivity index (χ0n) is 17.2. The van der Waals surface area contributed by atoms with Crippen LogP contribution in [0.25, 0.3) is 33.4 Å². The molecule has 1 saturated carbocycles. The Labute approximate surface area is 193 Å². The van der Waals surface area contributed by atoms with Gasteiger partial charge in [0.2, 0.25) is 0 Å². The van der Waals surface area contributed by atoms with Crippen LogP contribution in [0, 0.1) is 0 Å². The zero-order chi connectivity index (χ0) is 22.4. The lowest BCUT2D eigenvalue weighted by Gasteiger charge is -2.25. The van der Waals surface area contributed by atoms with E-state index in [1.165, 1.54) is 0 Å². The Kier molecular flexibility index (Phi) is 5.50. The summed E-state index contributed by atoms with van der Waals surface area (Å²) in [5, 5.41) is 21.3. The second-order valence-corrected chi connectivity index (χ2v) is 9.04. The number of nitrogen functional groups attached to an aromatic ring is 2. The number of hydrogen-bond acceptors (Lipinski definition) is 8. The third kappa shape index (κ3) is 3.51. The van der Waals surface area contributed by atoms with Crippen LogP contribution in [-0.2, 0) is 0 Å². The highest BCUT2D eigenvalue weighted by molar-refractivity contribution is 7.97. The van der Waals surface area contributed by atoms with E-state index in [1.54, 1.807) is 18.5 Å². The topological polar surface area (TPSA) is 142 Å². The Bertz CT molecular complexity index is 1300. The predicted molar refractivity (Wildman–Crippen MR) is 128 cm³/mol. The molecule has 5 rings (SSSR count). The van der Waals surface area contributed by atoms with Crippen molar-refractivity contribution in [3.8, 4) is 22.5 Å². The number of aliphatic hydroxyl groups excluding tert-OH is 1. The van der Waals surface area contributed by atoms with E-state index >= 15 is 0 Å². The number of fused-ring (bicyclic) bond motifs is 1. The van der Waals surface area contributed by atoms with Crippen molar-refractivity contribution in [2.45, 2.75) is 42.7 Å². The monoisotopic (exact) mass is 470 g/mol. The third-order valence-electron chi connectivity index (χ3n) is 6.05. The first-order valence-corrected chi connectivity index (χ1v) is 11.6. The molecule has 166 valence electrons. The van der Waals surface area contributed by atoms with Crippen LogP contribution < -0.4 is 16.6 Å². The minimum absolute atomic E-state index is 0.214. The zero-order valence-corrected chi connectivity index (χ0v) is 18.7. The quantitative estimate of drug-likeness (QED) is 0.250. The van der Waals surface area contributed by atoms with E-state index in [-0.39, 0.29) is 18.0 Å². The molecule has 4 aromatic rings. The molecule has 32 heavy (non-hydrogen) atoms. The van der Waals surface area contributed by atoms with Crippen LogP contribution in [0.2, 0.25) is 5.02 Å². The predicted octanol–water partition coefficient (Wildman–Crippen LogP) is 4.62. The second-order valence-electron chi connectivity index (χ2n) is 8.02. The molecule has 0 atom stereocenters. The highest BCUT2D eigenvalue weighted by atomic mass is 35.5. The van der Waals surface area contributed by atoms with E-state index in [0.29, 0.717) is 37.9 Å². The van der Waals surface area contributed by atoms with Crippen molar-refractivity contribution in [3.63, 3.8) is 0 Å². The van der Waals surface area contributed by atoms with Gasteiger partial charge < -0.3 is 21.0 Å². The van der Waals surface area contributed by atoms with Gasteiger partial charge in [-0.3, -0.25) is 9.82 Å². The van der Waals surface area contributed by atoms with Crippen LogP contribution in [0.1, 0.15) is 31.7 Å².